The maximum Gasteiger partial charge on any atom is 0.239 e. The molecule has 1 aromatic heterocycles. The number of nitrogens with two attached hydrogens (primary N) is 1. The van der Waals surface area contributed by atoms with Crippen LogP contribution >= 0.6 is 11.9 Å². The van der Waals surface area contributed by atoms with Crippen molar-refractivity contribution in [2.45, 2.75) is 31.2 Å². The molecule has 0 saturated heterocycles. The molecular formula is C26H30N6O2S. The van der Waals surface area contributed by atoms with E-state index in [0.29, 0.717) is 24.3 Å². The molecule has 0 saturated carbocycles. The lowest BCUT2D eigenvalue weighted by Gasteiger charge is -2.18. The van der Waals surface area contributed by atoms with E-state index in [4.69, 9.17) is 11.1 Å². The van der Waals surface area contributed by atoms with E-state index < -0.39 is 6.04 Å². The van der Waals surface area contributed by atoms with Crippen LogP contribution in [0.3, 0.4) is 0 Å². The van der Waals surface area contributed by atoms with Crippen LogP contribution in [-0.2, 0) is 28.3 Å². The largest absolute Gasteiger partial charge is 0.384 e. The zero-order valence-electron chi connectivity index (χ0n) is 19.4. The van der Waals surface area contributed by atoms with Crippen molar-refractivity contribution in [1.82, 2.24) is 20.3 Å². The fraction of sp³-hybridized carbons (Fsp3) is 0.231. The van der Waals surface area contributed by atoms with Gasteiger partial charge in [0.05, 0.1) is 12.6 Å². The van der Waals surface area contributed by atoms with E-state index >= 15 is 0 Å². The molecule has 3 aromatic rings. The first-order chi connectivity index (χ1) is 17.0. The molecule has 2 aromatic carbocycles. The van der Waals surface area contributed by atoms with Gasteiger partial charge in [-0.15, -0.1) is 0 Å². The number of benzene rings is 2. The fourth-order valence-corrected chi connectivity index (χ4v) is 4.11. The summed E-state index contributed by atoms with van der Waals surface area (Å²) in [6, 6.07) is 20.5. The number of nitrogens with one attached hydrogen (secondary N) is 4. The Kier molecular flexibility index (Phi) is 10.3. The summed E-state index contributed by atoms with van der Waals surface area (Å²) in [6.45, 7) is 0.213. The molecule has 9 heteroatoms. The summed E-state index contributed by atoms with van der Waals surface area (Å²) in [4.78, 5) is 29.3. The second-order valence-corrected chi connectivity index (χ2v) is 8.76. The number of amidine groups is 1. The second-order valence-electron chi connectivity index (χ2n) is 7.95. The molecule has 0 bridgehead atoms. The van der Waals surface area contributed by atoms with E-state index in [2.05, 4.69) is 20.3 Å². The third-order valence-electron chi connectivity index (χ3n) is 5.25. The van der Waals surface area contributed by atoms with Crippen LogP contribution in [0.5, 0.6) is 0 Å². The van der Waals surface area contributed by atoms with Crippen molar-refractivity contribution in [3.63, 3.8) is 0 Å². The normalized spacial score (nSPS) is 11.4. The van der Waals surface area contributed by atoms with Crippen molar-refractivity contribution >= 4 is 29.6 Å². The van der Waals surface area contributed by atoms with Gasteiger partial charge >= 0.3 is 0 Å². The topological polar surface area (TPSA) is 133 Å². The maximum absolute atomic E-state index is 12.9. The molecule has 182 valence electrons. The van der Waals surface area contributed by atoms with Crippen LogP contribution in [0.15, 0.2) is 79.1 Å². The van der Waals surface area contributed by atoms with Crippen LogP contribution in [-0.4, -0.2) is 35.2 Å². The first kappa shape index (κ1) is 25.9. The Morgan fingerprint density at radius 3 is 2.37 bits per heavy atom. The van der Waals surface area contributed by atoms with Gasteiger partial charge in [0.15, 0.2) is 0 Å². The summed E-state index contributed by atoms with van der Waals surface area (Å²) in [7, 11) is 0. The number of nitrogen functional groups attached to an aromatic ring is 1. The molecule has 0 aliphatic carbocycles. The van der Waals surface area contributed by atoms with Crippen LogP contribution < -0.4 is 21.1 Å². The molecule has 0 radical (unpaired) electrons. The van der Waals surface area contributed by atoms with Gasteiger partial charge in [0.1, 0.15) is 5.84 Å². The van der Waals surface area contributed by atoms with Crippen LogP contribution in [0.2, 0.25) is 0 Å². The van der Waals surface area contributed by atoms with Gasteiger partial charge < -0.3 is 16.4 Å². The summed E-state index contributed by atoms with van der Waals surface area (Å²) >= 11 is 1.45. The predicted octanol–water partition coefficient (Wildman–Crippen LogP) is 2.54. The zero-order valence-corrected chi connectivity index (χ0v) is 20.2. The van der Waals surface area contributed by atoms with Crippen molar-refractivity contribution in [3.8, 4) is 0 Å². The Balaban J connectivity index is 1.48. The Morgan fingerprint density at radius 1 is 0.943 bits per heavy atom. The van der Waals surface area contributed by atoms with Gasteiger partial charge in [0.25, 0.3) is 0 Å². The molecule has 8 nitrogen and oxygen atoms in total. The Hall–Kier alpha value is -3.69. The van der Waals surface area contributed by atoms with Gasteiger partial charge in [-0.3, -0.25) is 24.7 Å². The summed E-state index contributed by atoms with van der Waals surface area (Å²) in [5.41, 5.74) is 9.17. The SMILES string of the molecule is N=C(N)c1ccc(CNC(=O)CNC(=O)[C@@H](CCc2ccccc2)NSCc2cccnc2)cc1. The number of pyridine rings is 1. The van der Waals surface area contributed by atoms with Crippen molar-refractivity contribution in [1.29, 1.82) is 5.41 Å². The van der Waals surface area contributed by atoms with Crippen molar-refractivity contribution in [3.05, 3.63) is 101 Å². The highest BCUT2D eigenvalue weighted by molar-refractivity contribution is 7.96. The first-order valence-corrected chi connectivity index (χ1v) is 12.3. The van der Waals surface area contributed by atoms with Crippen LogP contribution in [0, 0.1) is 5.41 Å². The highest BCUT2D eigenvalue weighted by Crippen LogP contribution is 2.12. The minimum absolute atomic E-state index is 0.00248. The Morgan fingerprint density at radius 2 is 1.69 bits per heavy atom. The molecule has 3 rings (SSSR count). The van der Waals surface area contributed by atoms with Crippen LogP contribution in [0.25, 0.3) is 0 Å². The van der Waals surface area contributed by atoms with Gasteiger partial charge in [-0.1, -0.05) is 72.6 Å². The number of hydrogen-bond acceptors (Lipinski definition) is 6. The Labute approximate surface area is 209 Å². The number of aryl methyl sites for hydroxylation is 1. The standard InChI is InChI=1S/C26H30N6O2S/c27-25(28)22-11-8-20(9-12-22)16-30-24(33)17-31-26(34)23(13-10-19-5-2-1-3-6-19)32-35-18-21-7-4-14-29-15-21/h1-9,11-12,14-15,23,32H,10,13,16-18H2,(H3,27,28)(H,30,33)(H,31,34)/t23-/m1/s1. The van der Waals surface area contributed by atoms with E-state index in [1.54, 1.807) is 36.7 Å². The third-order valence-corrected chi connectivity index (χ3v) is 6.17. The minimum Gasteiger partial charge on any atom is -0.384 e. The molecular weight excluding hydrogens is 460 g/mol. The lowest BCUT2D eigenvalue weighted by molar-refractivity contribution is -0.127. The second kappa shape index (κ2) is 13.9. The summed E-state index contributed by atoms with van der Waals surface area (Å²) in [6.07, 6.45) is 4.86. The lowest BCUT2D eigenvalue weighted by Crippen LogP contribution is -2.45. The highest BCUT2D eigenvalue weighted by atomic mass is 32.2. The molecule has 35 heavy (non-hydrogen) atoms. The number of carbonyl (C=O) groups excluding carboxylic acids is 2. The number of aromatic nitrogens is 1. The Bertz CT molecular complexity index is 1090. The lowest BCUT2D eigenvalue weighted by atomic mass is 10.1. The molecule has 0 fully saturated rings. The van der Waals surface area contributed by atoms with E-state index in [9.17, 15) is 9.59 Å². The number of carbonyl (C=O) groups is 2. The first-order valence-electron chi connectivity index (χ1n) is 11.3. The number of hydrogen-bond donors (Lipinski definition) is 5. The van der Waals surface area contributed by atoms with E-state index in [1.165, 1.54) is 11.9 Å². The highest BCUT2D eigenvalue weighted by Gasteiger charge is 2.19. The summed E-state index contributed by atoms with van der Waals surface area (Å²) in [5.74, 6) is 0.169. The quantitative estimate of drug-likeness (QED) is 0.142. The molecule has 0 spiro atoms. The fourth-order valence-electron chi connectivity index (χ4n) is 3.26. The van der Waals surface area contributed by atoms with Crippen molar-refractivity contribution in [2.75, 3.05) is 6.54 Å². The molecule has 2 amide bonds. The monoisotopic (exact) mass is 490 g/mol. The van der Waals surface area contributed by atoms with Crippen molar-refractivity contribution < 1.29 is 9.59 Å². The maximum atomic E-state index is 12.9. The molecule has 0 aliphatic rings. The summed E-state index contributed by atoms with van der Waals surface area (Å²) < 4.78 is 3.25. The predicted molar refractivity (Wildman–Crippen MR) is 140 cm³/mol. The number of amides is 2. The van der Waals surface area contributed by atoms with Gasteiger partial charge in [-0.05, 0) is 35.6 Å². The van der Waals surface area contributed by atoms with E-state index in [-0.39, 0.29) is 24.2 Å². The zero-order chi connectivity index (χ0) is 24.9. The molecule has 0 aliphatic heterocycles. The molecule has 0 unspecified atom stereocenters. The number of nitrogens with zero attached hydrogens (tertiary/aromatic N) is 1. The third kappa shape index (κ3) is 9.23. The van der Waals surface area contributed by atoms with Gasteiger partial charge in [-0.25, -0.2) is 0 Å². The minimum atomic E-state index is -0.455. The average Bonchev–Trinajstić information content (AvgIpc) is 2.89. The van der Waals surface area contributed by atoms with Gasteiger partial charge in [0.2, 0.25) is 11.8 Å². The summed E-state index contributed by atoms with van der Waals surface area (Å²) in [5, 5.41) is 13.0. The smallest absolute Gasteiger partial charge is 0.239 e. The van der Waals surface area contributed by atoms with Crippen LogP contribution in [0.4, 0.5) is 0 Å². The molecule has 1 heterocycles. The van der Waals surface area contributed by atoms with Crippen LogP contribution in [0.1, 0.15) is 28.7 Å². The number of rotatable bonds is 13. The van der Waals surface area contributed by atoms with Gasteiger partial charge in [0, 0.05) is 30.3 Å². The van der Waals surface area contributed by atoms with Gasteiger partial charge in [-0.2, -0.15) is 0 Å². The average molecular weight is 491 g/mol. The molecule has 1 atom stereocenters. The van der Waals surface area contributed by atoms with E-state index in [0.717, 1.165) is 23.1 Å². The molecule has 6 N–H and O–H groups in total. The van der Waals surface area contributed by atoms with Crippen molar-refractivity contribution in [2.24, 2.45) is 5.73 Å². The van der Waals surface area contributed by atoms with E-state index in [1.807, 2.05) is 42.5 Å².